The molecule has 122 valence electrons. The Kier molecular flexibility index (Phi) is 8.75. The standard InChI is InChI=1S/C14H26N2O4S/c1-18-10-11-19-7-3-2-6-16-13(17)14(12(15)21)4-8-20-9-5-14/h2-11H2,1H3,(H2,15,21)(H,16,17). The lowest BCUT2D eigenvalue weighted by Gasteiger charge is -2.34. The van der Waals surface area contributed by atoms with Crippen molar-refractivity contribution in [3.05, 3.63) is 0 Å². The molecule has 0 aromatic rings. The summed E-state index contributed by atoms with van der Waals surface area (Å²) < 4.78 is 15.5. The molecule has 0 radical (unpaired) electrons. The first kappa shape index (κ1) is 18.3. The molecule has 0 aromatic heterocycles. The summed E-state index contributed by atoms with van der Waals surface area (Å²) in [4.78, 5) is 12.6. The predicted octanol–water partition coefficient (Wildman–Crippen LogP) is 0.629. The lowest BCUT2D eigenvalue weighted by Crippen LogP contribution is -2.52. The summed E-state index contributed by atoms with van der Waals surface area (Å²) in [6.45, 7) is 3.55. The smallest absolute Gasteiger partial charge is 0.233 e. The summed E-state index contributed by atoms with van der Waals surface area (Å²) in [7, 11) is 1.65. The monoisotopic (exact) mass is 318 g/mol. The van der Waals surface area contributed by atoms with Crippen molar-refractivity contribution in [1.82, 2.24) is 5.32 Å². The number of carbonyl (C=O) groups is 1. The Balaban J connectivity index is 2.21. The average molecular weight is 318 g/mol. The fraction of sp³-hybridized carbons (Fsp3) is 0.857. The number of rotatable bonds is 10. The van der Waals surface area contributed by atoms with E-state index in [1.165, 1.54) is 0 Å². The van der Waals surface area contributed by atoms with Crippen molar-refractivity contribution in [2.75, 3.05) is 46.7 Å². The summed E-state index contributed by atoms with van der Waals surface area (Å²) in [6, 6.07) is 0. The molecule has 1 aliphatic heterocycles. The van der Waals surface area contributed by atoms with Crippen LogP contribution < -0.4 is 11.1 Å². The second kappa shape index (κ2) is 10.0. The van der Waals surface area contributed by atoms with E-state index in [1.807, 2.05) is 0 Å². The van der Waals surface area contributed by atoms with Gasteiger partial charge in [-0.3, -0.25) is 4.79 Å². The van der Waals surface area contributed by atoms with Crippen molar-refractivity contribution in [2.24, 2.45) is 11.1 Å². The fourth-order valence-corrected chi connectivity index (χ4v) is 2.55. The first-order valence-corrected chi connectivity index (χ1v) is 7.77. The van der Waals surface area contributed by atoms with Gasteiger partial charge in [-0.1, -0.05) is 12.2 Å². The second-order valence-corrected chi connectivity index (χ2v) is 5.57. The van der Waals surface area contributed by atoms with Crippen molar-refractivity contribution in [3.63, 3.8) is 0 Å². The van der Waals surface area contributed by atoms with Gasteiger partial charge in [-0.05, 0) is 25.7 Å². The second-order valence-electron chi connectivity index (χ2n) is 5.13. The van der Waals surface area contributed by atoms with Gasteiger partial charge >= 0.3 is 0 Å². The lowest BCUT2D eigenvalue weighted by atomic mass is 9.79. The molecule has 3 N–H and O–H groups in total. The fourth-order valence-electron chi connectivity index (χ4n) is 2.25. The number of hydrogen-bond donors (Lipinski definition) is 2. The highest BCUT2D eigenvalue weighted by Gasteiger charge is 2.42. The predicted molar refractivity (Wildman–Crippen MR) is 84.2 cm³/mol. The highest BCUT2D eigenvalue weighted by Crippen LogP contribution is 2.31. The van der Waals surface area contributed by atoms with E-state index in [0.717, 1.165) is 12.8 Å². The Labute approximate surface area is 131 Å². The van der Waals surface area contributed by atoms with Crippen LogP contribution in [0.1, 0.15) is 25.7 Å². The molecule has 1 heterocycles. The Morgan fingerprint density at radius 2 is 2.00 bits per heavy atom. The maximum Gasteiger partial charge on any atom is 0.233 e. The minimum Gasteiger partial charge on any atom is -0.392 e. The van der Waals surface area contributed by atoms with Crippen LogP contribution in [0.3, 0.4) is 0 Å². The highest BCUT2D eigenvalue weighted by molar-refractivity contribution is 7.80. The maximum absolute atomic E-state index is 12.4. The highest BCUT2D eigenvalue weighted by atomic mass is 32.1. The molecular weight excluding hydrogens is 292 g/mol. The van der Waals surface area contributed by atoms with Crippen molar-refractivity contribution < 1.29 is 19.0 Å². The number of thiocarbonyl (C=S) groups is 1. The van der Waals surface area contributed by atoms with E-state index in [4.69, 9.17) is 32.2 Å². The Bertz CT molecular complexity index is 333. The normalized spacial score (nSPS) is 17.4. The summed E-state index contributed by atoms with van der Waals surface area (Å²) in [5.41, 5.74) is 5.05. The molecule has 0 atom stereocenters. The first-order valence-electron chi connectivity index (χ1n) is 7.36. The number of unbranched alkanes of at least 4 members (excludes halogenated alkanes) is 1. The van der Waals surface area contributed by atoms with E-state index in [2.05, 4.69) is 5.32 Å². The van der Waals surface area contributed by atoms with Crippen LogP contribution in [0.4, 0.5) is 0 Å². The topological polar surface area (TPSA) is 82.8 Å². The molecule has 1 amide bonds. The van der Waals surface area contributed by atoms with Gasteiger partial charge in [0.2, 0.25) is 5.91 Å². The van der Waals surface area contributed by atoms with Gasteiger partial charge in [0.15, 0.2) is 0 Å². The molecule has 21 heavy (non-hydrogen) atoms. The van der Waals surface area contributed by atoms with E-state index in [1.54, 1.807) is 7.11 Å². The van der Waals surface area contributed by atoms with Gasteiger partial charge in [-0.15, -0.1) is 0 Å². The summed E-state index contributed by atoms with van der Waals surface area (Å²) >= 11 is 5.09. The van der Waals surface area contributed by atoms with E-state index >= 15 is 0 Å². The quantitative estimate of drug-likeness (QED) is 0.454. The van der Waals surface area contributed by atoms with Crippen LogP contribution >= 0.6 is 12.2 Å². The SMILES string of the molecule is COCCOCCCCNC(=O)C1(C(N)=S)CCOCC1. The molecule has 1 fully saturated rings. The summed E-state index contributed by atoms with van der Waals surface area (Å²) in [5, 5.41) is 2.93. The number of nitrogens with two attached hydrogens (primary N) is 1. The van der Waals surface area contributed by atoms with Crippen LogP contribution in [0.5, 0.6) is 0 Å². The molecule has 6 nitrogen and oxygen atoms in total. The molecule has 1 saturated heterocycles. The minimum absolute atomic E-state index is 0.0707. The number of carbonyl (C=O) groups excluding carboxylic acids is 1. The molecule has 0 aromatic carbocycles. The molecule has 0 unspecified atom stereocenters. The number of hydrogen-bond acceptors (Lipinski definition) is 5. The Morgan fingerprint density at radius 3 is 2.62 bits per heavy atom. The van der Waals surface area contributed by atoms with Crippen LogP contribution in [-0.4, -0.2) is 57.6 Å². The lowest BCUT2D eigenvalue weighted by molar-refractivity contribution is -0.131. The molecule has 0 bridgehead atoms. The van der Waals surface area contributed by atoms with Crippen molar-refractivity contribution >= 4 is 23.1 Å². The van der Waals surface area contributed by atoms with Crippen molar-refractivity contribution in [1.29, 1.82) is 0 Å². The van der Waals surface area contributed by atoms with Gasteiger partial charge in [-0.25, -0.2) is 0 Å². The number of ether oxygens (including phenoxy) is 3. The third-order valence-corrected chi connectivity index (χ3v) is 4.08. The van der Waals surface area contributed by atoms with Gasteiger partial charge < -0.3 is 25.3 Å². The zero-order valence-corrected chi connectivity index (χ0v) is 13.5. The van der Waals surface area contributed by atoms with Gasteiger partial charge in [0, 0.05) is 33.5 Å². The third kappa shape index (κ3) is 5.86. The van der Waals surface area contributed by atoms with E-state index in [-0.39, 0.29) is 10.9 Å². The van der Waals surface area contributed by atoms with Crippen LogP contribution in [0.2, 0.25) is 0 Å². The first-order chi connectivity index (χ1) is 10.1. The third-order valence-electron chi connectivity index (χ3n) is 3.69. The van der Waals surface area contributed by atoms with Gasteiger partial charge in [0.1, 0.15) is 5.41 Å². The molecule has 1 rings (SSSR count). The van der Waals surface area contributed by atoms with Gasteiger partial charge in [0.05, 0.1) is 18.2 Å². The largest absolute Gasteiger partial charge is 0.392 e. The molecule has 0 aliphatic carbocycles. The van der Waals surface area contributed by atoms with Crippen LogP contribution in [-0.2, 0) is 19.0 Å². The van der Waals surface area contributed by atoms with Crippen LogP contribution in [0.15, 0.2) is 0 Å². The molecule has 0 saturated carbocycles. The molecule has 1 aliphatic rings. The maximum atomic E-state index is 12.4. The van der Waals surface area contributed by atoms with E-state index in [9.17, 15) is 4.79 Å². The van der Waals surface area contributed by atoms with E-state index in [0.29, 0.717) is 52.4 Å². The van der Waals surface area contributed by atoms with Gasteiger partial charge in [0.25, 0.3) is 0 Å². The number of methoxy groups -OCH3 is 1. The molecule has 0 spiro atoms. The van der Waals surface area contributed by atoms with Crippen molar-refractivity contribution in [2.45, 2.75) is 25.7 Å². The molecule has 7 heteroatoms. The Hall–Kier alpha value is -0.760. The number of nitrogens with one attached hydrogen (secondary N) is 1. The van der Waals surface area contributed by atoms with Gasteiger partial charge in [-0.2, -0.15) is 0 Å². The average Bonchev–Trinajstić information content (AvgIpc) is 2.50. The van der Waals surface area contributed by atoms with Crippen molar-refractivity contribution in [3.8, 4) is 0 Å². The van der Waals surface area contributed by atoms with E-state index < -0.39 is 5.41 Å². The minimum atomic E-state index is -0.734. The number of amides is 1. The molecular formula is C14H26N2O4S. The zero-order valence-electron chi connectivity index (χ0n) is 12.7. The Morgan fingerprint density at radius 1 is 1.29 bits per heavy atom. The van der Waals surface area contributed by atoms with Crippen LogP contribution in [0.25, 0.3) is 0 Å². The zero-order chi connectivity index (χ0) is 15.6. The summed E-state index contributed by atoms with van der Waals surface area (Å²) in [6.07, 6.45) is 2.89. The summed E-state index contributed by atoms with van der Waals surface area (Å²) in [5.74, 6) is -0.0707. The van der Waals surface area contributed by atoms with Crippen LogP contribution in [0, 0.1) is 5.41 Å².